The molecule has 0 spiro atoms. The Morgan fingerprint density at radius 1 is 1.08 bits per heavy atom. The van der Waals surface area contributed by atoms with E-state index in [1.807, 2.05) is 0 Å². The van der Waals surface area contributed by atoms with E-state index in [1.165, 1.54) is 32.1 Å². The molecular weight excluding hydrogens is 468 g/mol. The lowest BCUT2D eigenvalue weighted by Crippen LogP contribution is -2.39. The summed E-state index contributed by atoms with van der Waals surface area (Å²) in [7, 11) is 0. The van der Waals surface area contributed by atoms with Crippen molar-refractivity contribution in [1.29, 1.82) is 0 Å². The number of carboxylic acids is 1. The van der Waals surface area contributed by atoms with Gasteiger partial charge in [-0.1, -0.05) is 40.0 Å². The second kappa shape index (κ2) is 10.6. The minimum Gasteiger partial charge on any atom is -0.475 e. The van der Waals surface area contributed by atoms with Gasteiger partial charge in [0.25, 0.3) is 0 Å². The first-order valence-electron chi connectivity index (χ1n) is 14.3. The smallest absolute Gasteiger partial charge is 0.374 e. The molecule has 0 aromatic carbocycles. The van der Waals surface area contributed by atoms with Crippen LogP contribution in [-0.2, 0) is 11.3 Å². The third-order valence-electron chi connectivity index (χ3n) is 9.20. The van der Waals surface area contributed by atoms with Crippen LogP contribution < -0.4 is 10.6 Å². The fourth-order valence-electron chi connectivity index (χ4n) is 6.36. The zero-order chi connectivity index (χ0) is 26.3. The number of amides is 1. The van der Waals surface area contributed by atoms with Crippen LogP contribution in [0.4, 0.5) is 5.82 Å². The van der Waals surface area contributed by atoms with Crippen molar-refractivity contribution in [3.63, 3.8) is 0 Å². The molecule has 37 heavy (non-hydrogen) atoms. The molecule has 5 rings (SSSR count). The number of hydrogen-bond acceptors (Lipinski definition) is 6. The van der Waals surface area contributed by atoms with E-state index in [4.69, 9.17) is 4.98 Å². The molecule has 9 nitrogen and oxygen atoms in total. The van der Waals surface area contributed by atoms with Crippen molar-refractivity contribution in [3.8, 4) is 0 Å². The maximum absolute atomic E-state index is 12.7. The molecule has 202 valence electrons. The monoisotopic (exact) mass is 510 g/mol. The van der Waals surface area contributed by atoms with Crippen LogP contribution in [0.1, 0.15) is 108 Å². The number of fused-ring (bicyclic) bond motifs is 1. The number of rotatable bonds is 8. The second-order valence-electron chi connectivity index (χ2n) is 12.3. The van der Waals surface area contributed by atoms with Gasteiger partial charge in [0.1, 0.15) is 11.3 Å². The van der Waals surface area contributed by atoms with E-state index in [9.17, 15) is 14.7 Å². The summed E-state index contributed by atoms with van der Waals surface area (Å²) in [6.45, 7) is 9.58. The molecule has 9 heteroatoms. The van der Waals surface area contributed by atoms with Gasteiger partial charge in [0.05, 0.1) is 6.04 Å². The highest BCUT2D eigenvalue weighted by atomic mass is 16.4. The molecule has 2 aromatic rings. The van der Waals surface area contributed by atoms with Crippen LogP contribution in [0.15, 0.2) is 0 Å². The Morgan fingerprint density at radius 3 is 2.43 bits per heavy atom. The Labute approximate surface area is 219 Å². The van der Waals surface area contributed by atoms with Crippen molar-refractivity contribution in [2.75, 3.05) is 5.32 Å². The lowest BCUT2D eigenvalue weighted by atomic mass is 9.80. The van der Waals surface area contributed by atoms with Crippen molar-refractivity contribution in [2.24, 2.45) is 29.6 Å². The summed E-state index contributed by atoms with van der Waals surface area (Å²) in [6, 6.07) is -0.0499. The molecule has 3 heterocycles. The van der Waals surface area contributed by atoms with E-state index in [1.54, 1.807) is 0 Å². The van der Waals surface area contributed by atoms with Crippen LogP contribution in [0.3, 0.4) is 0 Å². The van der Waals surface area contributed by atoms with Crippen LogP contribution in [0.2, 0.25) is 0 Å². The van der Waals surface area contributed by atoms with Gasteiger partial charge in [0, 0.05) is 19.0 Å². The predicted molar refractivity (Wildman–Crippen MR) is 142 cm³/mol. The van der Waals surface area contributed by atoms with Gasteiger partial charge < -0.3 is 20.3 Å². The number of carbonyl (C=O) groups excluding carboxylic acids is 1. The van der Waals surface area contributed by atoms with Crippen LogP contribution in [0.25, 0.3) is 11.2 Å². The molecule has 2 aromatic heterocycles. The molecule has 1 aliphatic heterocycles. The fourth-order valence-corrected chi connectivity index (χ4v) is 6.36. The van der Waals surface area contributed by atoms with Crippen molar-refractivity contribution in [1.82, 2.24) is 24.8 Å². The molecule has 3 fully saturated rings. The number of imidazole rings is 1. The number of nitrogens with one attached hydrogen (secondary N) is 2. The van der Waals surface area contributed by atoms with Crippen molar-refractivity contribution >= 4 is 28.9 Å². The fraction of sp³-hybridized carbons (Fsp3) is 0.750. The Balaban J connectivity index is 1.60. The van der Waals surface area contributed by atoms with Gasteiger partial charge in [-0.3, -0.25) is 4.79 Å². The first kappa shape index (κ1) is 25.9. The number of aromatic nitrogens is 4. The lowest BCUT2D eigenvalue weighted by molar-refractivity contribution is -0.125. The molecule has 3 atom stereocenters. The maximum atomic E-state index is 12.7. The summed E-state index contributed by atoms with van der Waals surface area (Å²) in [6.07, 6.45) is 9.66. The van der Waals surface area contributed by atoms with Crippen LogP contribution >= 0.6 is 0 Å². The SMILES string of the molecule is CC1CCC(Cn2c(C3CC(C(C)C)CC(=O)N3)nc3nc(C(=O)O)nc(N[C@H](C)C4CCC4)c32)CC1. The quantitative estimate of drug-likeness (QED) is 0.447. The third-order valence-corrected chi connectivity index (χ3v) is 9.20. The van der Waals surface area contributed by atoms with E-state index in [2.05, 4.69) is 52.9 Å². The normalized spacial score (nSPS) is 27.6. The first-order chi connectivity index (χ1) is 17.7. The number of aromatic carboxylic acids is 1. The Kier molecular flexibility index (Phi) is 7.41. The van der Waals surface area contributed by atoms with E-state index in [0.29, 0.717) is 35.6 Å². The molecule has 2 saturated carbocycles. The van der Waals surface area contributed by atoms with Crippen LogP contribution in [0.5, 0.6) is 0 Å². The Hall–Kier alpha value is -2.71. The summed E-state index contributed by atoms with van der Waals surface area (Å²) < 4.78 is 2.21. The number of piperidine rings is 1. The summed E-state index contributed by atoms with van der Waals surface area (Å²) in [5.74, 6) is 2.45. The topological polar surface area (TPSA) is 122 Å². The number of carboxylic acid groups (broad SMARTS) is 1. The Bertz CT molecular complexity index is 1150. The second-order valence-corrected chi connectivity index (χ2v) is 12.3. The molecule has 0 bridgehead atoms. The standard InChI is InChI=1S/C28H42N6O3/c1-15(2)20-12-21(30-22(35)13-20)27-33-25-23(34(27)14-18-10-8-16(3)9-11-18)24(31-26(32-25)28(36)37)29-17(4)19-6-5-7-19/h15-21H,5-14H2,1-4H3,(H,30,35)(H,36,37)(H,29,31,32)/t16?,17-,18?,20?,21?/m1/s1. The van der Waals surface area contributed by atoms with Gasteiger partial charge >= 0.3 is 5.97 Å². The van der Waals surface area contributed by atoms with E-state index in [0.717, 1.165) is 43.1 Å². The largest absolute Gasteiger partial charge is 0.475 e. The van der Waals surface area contributed by atoms with E-state index >= 15 is 0 Å². The number of nitrogens with zero attached hydrogens (tertiary/aromatic N) is 4. The van der Waals surface area contributed by atoms with Gasteiger partial charge in [-0.05, 0) is 68.6 Å². The summed E-state index contributed by atoms with van der Waals surface area (Å²) in [4.78, 5) is 38.5. The average molecular weight is 511 g/mol. The molecule has 1 saturated heterocycles. The van der Waals surface area contributed by atoms with E-state index < -0.39 is 5.97 Å². The highest BCUT2D eigenvalue weighted by Crippen LogP contribution is 2.38. The third kappa shape index (κ3) is 5.46. The van der Waals surface area contributed by atoms with Gasteiger partial charge in [0.2, 0.25) is 11.7 Å². The number of anilines is 1. The molecule has 3 N–H and O–H groups in total. The van der Waals surface area contributed by atoms with Crippen molar-refractivity contribution < 1.29 is 14.7 Å². The molecular formula is C28H42N6O3. The molecule has 3 aliphatic rings. The van der Waals surface area contributed by atoms with Crippen LogP contribution in [0, 0.1) is 29.6 Å². The first-order valence-corrected chi connectivity index (χ1v) is 14.3. The highest BCUT2D eigenvalue weighted by molar-refractivity contribution is 5.91. The molecule has 2 unspecified atom stereocenters. The number of hydrogen-bond donors (Lipinski definition) is 3. The highest BCUT2D eigenvalue weighted by Gasteiger charge is 2.35. The van der Waals surface area contributed by atoms with Gasteiger partial charge in [0.15, 0.2) is 11.5 Å². The zero-order valence-electron chi connectivity index (χ0n) is 22.7. The van der Waals surface area contributed by atoms with Crippen LogP contribution in [-0.4, -0.2) is 42.5 Å². The maximum Gasteiger partial charge on any atom is 0.374 e. The van der Waals surface area contributed by atoms with Gasteiger partial charge in [-0.25, -0.2) is 19.7 Å². The summed E-state index contributed by atoms with van der Waals surface area (Å²) in [5.41, 5.74) is 1.17. The Morgan fingerprint density at radius 2 is 1.81 bits per heavy atom. The van der Waals surface area contributed by atoms with Crippen molar-refractivity contribution in [2.45, 2.75) is 104 Å². The predicted octanol–water partition coefficient (Wildman–Crippen LogP) is 5.17. The van der Waals surface area contributed by atoms with Gasteiger partial charge in [-0.2, -0.15) is 0 Å². The molecule has 1 amide bonds. The summed E-state index contributed by atoms with van der Waals surface area (Å²) >= 11 is 0. The summed E-state index contributed by atoms with van der Waals surface area (Å²) in [5, 5.41) is 16.5. The number of carbonyl (C=O) groups is 2. The minimum atomic E-state index is -1.16. The van der Waals surface area contributed by atoms with E-state index in [-0.39, 0.29) is 29.7 Å². The lowest BCUT2D eigenvalue weighted by Gasteiger charge is -2.33. The average Bonchev–Trinajstić information content (AvgIpc) is 3.17. The van der Waals surface area contributed by atoms with Gasteiger partial charge in [-0.15, -0.1) is 0 Å². The zero-order valence-corrected chi connectivity index (χ0v) is 22.7. The molecule has 0 radical (unpaired) electrons. The molecule has 2 aliphatic carbocycles. The minimum absolute atomic E-state index is 0.0503. The van der Waals surface area contributed by atoms with Crippen molar-refractivity contribution in [3.05, 3.63) is 11.6 Å².